The van der Waals surface area contributed by atoms with Gasteiger partial charge < -0.3 is 10.2 Å². The fourth-order valence-corrected chi connectivity index (χ4v) is 2.01. The van der Waals surface area contributed by atoms with Crippen LogP contribution in [0.15, 0.2) is 18.2 Å². The first-order valence-electron chi connectivity index (χ1n) is 5.87. The van der Waals surface area contributed by atoms with Crippen LogP contribution in [0, 0.1) is 0 Å². The third-order valence-corrected chi connectivity index (χ3v) is 3.27. The fraction of sp³-hybridized carbons (Fsp3) is 0.538. The SMILES string of the molecule is CCCNC(CN(C)C)c1ccc(Cl)c(Cl)c1. The van der Waals surface area contributed by atoms with Gasteiger partial charge in [-0.3, -0.25) is 0 Å². The zero-order valence-corrected chi connectivity index (χ0v) is 12.1. The molecule has 1 unspecified atom stereocenters. The third kappa shape index (κ3) is 4.84. The van der Waals surface area contributed by atoms with Crippen LogP contribution in [0.4, 0.5) is 0 Å². The van der Waals surface area contributed by atoms with E-state index < -0.39 is 0 Å². The number of benzene rings is 1. The number of likely N-dealkylation sites (N-methyl/N-ethyl adjacent to an activating group) is 1. The van der Waals surface area contributed by atoms with Gasteiger partial charge in [0.25, 0.3) is 0 Å². The van der Waals surface area contributed by atoms with Crippen LogP contribution in [0.2, 0.25) is 10.0 Å². The molecule has 0 amide bonds. The second-order valence-electron chi connectivity index (χ2n) is 4.44. The van der Waals surface area contributed by atoms with E-state index in [1.54, 1.807) is 0 Å². The quantitative estimate of drug-likeness (QED) is 0.853. The molecule has 0 saturated heterocycles. The normalized spacial score (nSPS) is 13.1. The number of hydrogen-bond acceptors (Lipinski definition) is 2. The van der Waals surface area contributed by atoms with E-state index in [4.69, 9.17) is 23.2 Å². The zero-order chi connectivity index (χ0) is 12.8. The summed E-state index contributed by atoms with van der Waals surface area (Å²) < 4.78 is 0. The Morgan fingerprint density at radius 3 is 2.47 bits per heavy atom. The smallest absolute Gasteiger partial charge is 0.0595 e. The molecule has 4 heteroatoms. The molecule has 1 N–H and O–H groups in total. The average Bonchev–Trinajstić information content (AvgIpc) is 2.27. The molecular weight excluding hydrogens is 255 g/mol. The highest BCUT2D eigenvalue weighted by atomic mass is 35.5. The minimum atomic E-state index is 0.291. The van der Waals surface area contributed by atoms with E-state index in [1.165, 1.54) is 5.56 Å². The van der Waals surface area contributed by atoms with Gasteiger partial charge in [-0.05, 0) is 44.8 Å². The lowest BCUT2D eigenvalue weighted by molar-refractivity contribution is 0.342. The topological polar surface area (TPSA) is 15.3 Å². The lowest BCUT2D eigenvalue weighted by Crippen LogP contribution is -2.31. The van der Waals surface area contributed by atoms with Crippen molar-refractivity contribution in [2.75, 3.05) is 27.2 Å². The maximum Gasteiger partial charge on any atom is 0.0595 e. The molecule has 0 spiro atoms. The summed E-state index contributed by atoms with van der Waals surface area (Å²) in [7, 11) is 4.14. The van der Waals surface area contributed by atoms with Gasteiger partial charge >= 0.3 is 0 Å². The van der Waals surface area contributed by atoms with E-state index in [-0.39, 0.29) is 0 Å². The first kappa shape index (κ1) is 14.8. The van der Waals surface area contributed by atoms with E-state index in [0.29, 0.717) is 16.1 Å². The molecule has 96 valence electrons. The Balaban J connectivity index is 2.83. The van der Waals surface area contributed by atoms with Gasteiger partial charge in [-0.15, -0.1) is 0 Å². The van der Waals surface area contributed by atoms with Crippen LogP contribution in [0.5, 0.6) is 0 Å². The van der Waals surface area contributed by atoms with Crippen LogP contribution < -0.4 is 5.32 Å². The van der Waals surface area contributed by atoms with Gasteiger partial charge in [-0.25, -0.2) is 0 Å². The maximum absolute atomic E-state index is 6.06. The number of halogens is 2. The Hall–Kier alpha value is -0.280. The van der Waals surface area contributed by atoms with Crippen molar-refractivity contribution in [3.05, 3.63) is 33.8 Å². The van der Waals surface area contributed by atoms with Crippen molar-refractivity contribution < 1.29 is 0 Å². The third-order valence-electron chi connectivity index (χ3n) is 2.53. The van der Waals surface area contributed by atoms with Gasteiger partial charge in [-0.2, -0.15) is 0 Å². The molecule has 1 atom stereocenters. The van der Waals surface area contributed by atoms with Crippen molar-refractivity contribution in [2.45, 2.75) is 19.4 Å². The van der Waals surface area contributed by atoms with Crippen LogP contribution in [0.3, 0.4) is 0 Å². The van der Waals surface area contributed by atoms with Gasteiger partial charge in [0.1, 0.15) is 0 Å². The molecule has 0 saturated carbocycles. The summed E-state index contributed by atoms with van der Waals surface area (Å²) in [4.78, 5) is 2.16. The molecule has 0 aliphatic heterocycles. The molecule has 1 aromatic rings. The summed E-state index contributed by atoms with van der Waals surface area (Å²) in [6.45, 7) is 4.10. The number of nitrogens with one attached hydrogen (secondary N) is 1. The van der Waals surface area contributed by atoms with Crippen LogP contribution in [0.25, 0.3) is 0 Å². The molecule has 0 heterocycles. The number of nitrogens with zero attached hydrogens (tertiary/aromatic N) is 1. The van der Waals surface area contributed by atoms with Crippen LogP contribution in [-0.2, 0) is 0 Å². The summed E-state index contributed by atoms with van der Waals surface area (Å²) >= 11 is 12.0. The van der Waals surface area contributed by atoms with E-state index in [1.807, 2.05) is 18.2 Å². The van der Waals surface area contributed by atoms with E-state index >= 15 is 0 Å². The lowest BCUT2D eigenvalue weighted by Gasteiger charge is -2.23. The highest BCUT2D eigenvalue weighted by Gasteiger charge is 2.12. The molecule has 0 aliphatic carbocycles. The molecule has 0 aromatic heterocycles. The van der Waals surface area contributed by atoms with Crippen LogP contribution in [0.1, 0.15) is 24.9 Å². The second kappa shape index (κ2) is 7.22. The molecule has 2 nitrogen and oxygen atoms in total. The predicted octanol–water partition coefficient (Wildman–Crippen LogP) is 3.60. The van der Waals surface area contributed by atoms with E-state index in [2.05, 4.69) is 31.2 Å². The average molecular weight is 275 g/mol. The van der Waals surface area contributed by atoms with Crippen molar-refractivity contribution in [2.24, 2.45) is 0 Å². The molecule has 1 aromatic carbocycles. The monoisotopic (exact) mass is 274 g/mol. The van der Waals surface area contributed by atoms with Crippen molar-refractivity contribution in [3.8, 4) is 0 Å². The van der Waals surface area contributed by atoms with Crippen molar-refractivity contribution in [3.63, 3.8) is 0 Å². The Morgan fingerprint density at radius 1 is 1.24 bits per heavy atom. The largest absolute Gasteiger partial charge is 0.309 e. The van der Waals surface area contributed by atoms with Gasteiger partial charge in [0.05, 0.1) is 10.0 Å². The second-order valence-corrected chi connectivity index (χ2v) is 5.26. The van der Waals surface area contributed by atoms with Gasteiger partial charge in [-0.1, -0.05) is 36.2 Å². The predicted molar refractivity (Wildman–Crippen MR) is 76.1 cm³/mol. The van der Waals surface area contributed by atoms with E-state index in [0.717, 1.165) is 19.5 Å². The molecule has 1 rings (SSSR count). The molecule has 0 aliphatic rings. The zero-order valence-electron chi connectivity index (χ0n) is 10.6. The number of hydrogen-bond donors (Lipinski definition) is 1. The Labute approximate surface area is 114 Å². The van der Waals surface area contributed by atoms with Crippen molar-refractivity contribution in [1.82, 2.24) is 10.2 Å². The Bertz CT molecular complexity index is 353. The number of rotatable bonds is 6. The van der Waals surface area contributed by atoms with Gasteiger partial charge in [0.2, 0.25) is 0 Å². The molecule has 0 fully saturated rings. The molecular formula is C13H20Cl2N2. The van der Waals surface area contributed by atoms with Crippen molar-refractivity contribution in [1.29, 1.82) is 0 Å². The minimum Gasteiger partial charge on any atom is -0.309 e. The molecule has 17 heavy (non-hydrogen) atoms. The van der Waals surface area contributed by atoms with E-state index in [9.17, 15) is 0 Å². The van der Waals surface area contributed by atoms with Crippen LogP contribution >= 0.6 is 23.2 Å². The summed E-state index contributed by atoms with van der Waals surface area (Å²) in [5, 5.41) is 4.74. The first-order valence-corrected chi connectivity index (χ1v) is 6.63. The molecule has 0 radical (unpaired) electrons. The summed E-state index contributed by atoms with van der Waals surface area (Å²) in [5.41, 5.74) is 1.18. The fourth-order valence-electron chi connectivity index (χ4n) is 1.70. The standard InChI is InChI=1S/C13H20Cl2N2/c1-4-7-16-13(9-17(2)3)10-5-6-11(14)12(15)8-10/h5-6,8,13,16H,4,7,9H2,1-3H3. The minimum absolute atomic E-state index is 0.291. The summed E-state index contributed by atoms with van der Waals surface area (Å²) in [5.74, 6) is 0. The van der Waals surface area contributed by atoms with Crippen molar-refractivity contribution >= 4 is 23.2 Å². The van der Waals surface area contributed by atoms with Gasteiger partial charge in [0.15, 0.2) is 0 Å². The highest BCUT2D eigenvalue weighted by molar-refractivity contribution is 6.42. The first-order chi connectivity index (χ1) is 8.04. The maximum atomic E-state index is 6.06. The lowest BCUT2D eigenvalue weighted by atomic mass is 10.1. The Morgan fingerprint density at radius 2 is 1.94 bits per heavy atom. The van der Waals surface area contributed by atoms with Crippen LogP contribution in [-0.4, -0.2) is 32.1 Å². The highest BCUT2D eigenvalue weighted by Crippen LogP contribution is 2.25. The Kier molecular flexibility index (Phi) is 6.28. The summed E-state index contributed by atoms with van der Waals surface area (Å²) in [6.07, 6.45) is 1.12. The summed E-state index contributed by atoms with van der Waals surface area (Å²) in [6, 6.07) is 6.13. The molecule has 0 bridgehead atoms. The van der Waals surface area contributed by atoms with Gasteiger partial charge in [0, 0.05) is 12.6 Å².